The van der Waals surface area contributed by atoms with Crippen LogP contribution in [0.2, 0.25) is 0 Å². The van der Waals surface area contributed by atoms with Crippen molar-refractivity contribution in [1.82, 2.24) is 9.97 Å². The molecule has 0 spiro atoms. The molecule has 0 aliphatic rings. The smallest absolute Gasteiger partial charge is 0.232 e. The molecule has 0 unspecified atom stereocenters. The SMILES string of the molecule is CC(C)(C)OCCOc1cnc(C#N)cn1. The van der Waals surface area contributed by atoms with Crippen molar-refractivity contribution in [1.29, 1.82) is 5.26 Å². The molecule has 0 atom stereocenters. The molecule has 0 saturated carbocycles. The Kier molecular flexibility index (Phi) is 4.20. The van der Waals surface area contributed by atoms with Gasteiger partial charge in [0, 0.05) is 0 Å². The van der Waals surface area contributed by atoms with E-state index in [1.165, 1.54) is 12.4 Å². The minimum atomic E-state index is -0.167. The summed E-state index contributed by atoms with van der Waals surface area (Å²) in [6.07, 6.45) is 2.80. The molecule has 0 aliphatic carbocycles. The molecule has 0 radical (unpaired) electrons. The lowest BCUT2D eigenvalue weighted by Gasteiger charge is -2.19. The van der Waals surface area contributed by atoms with Gasteiger partial charge in [0.05, 0.1) is 24.6 Å². The zero-order chi connectivity index (χ0) is 12.0. The molecule has 1 heterocycles. The van der Waals surface area contributed by atoms with Gasteiger partial charge in [-0.1, -0.05) is 0 Å². The summed E-state index contributed by atoms with van der Waals surface area (Å²) in [6, 6.07) is 1.89. The highest BCUT2D eigenvalue weighted by Crippen LogP contribution is 2.07. The van der Waals surface area contributed by atoms with Gasteiger partial charge in [-0.05, 0) is 20.8 Å². The van der Waals surface area contributed by atoms with E-state index < -0.39 is 0 Å². The van der Waals surface area contributed by atoms with E-state index in [0.29, 0.717) is 19.1 Å². The summed E-state index contributed by atoms with van der Waals surface area (Å²) >= 11 is 0. The van der Waals surface area contributed by atoms with Crippen LogP contribution in [0.15, 0.2) is 12.4 Å². The van der Waals surface area contributed by atoms with E-state index in [9.17, 15) is 0 Å². The summed E-state index contributed by atoms with van der Waals surface area (Å²) in [7, 11) is 0. The molecule has 86 valence electrons. The van der Waals surface area contributed by atoms with Gasteiger partial charge in [-0.3, -0.25) is 0 Å². The lowest BCUT2D eigenvalue weighted by molar-refractivity contribution is -0.0168. The van der Waals surface area contributed by atoms with Crippen LogP contribution in [0.25, 0.3) is 0 Å². The standard InChI is InChI=1S/C11H15N3O2/c1-11(2,3)16-5-4-15-10-8-13-9(6-12)7-14-10/h7-8H,4-5H2,1-3H3. The molecule has 0 saturated heterocycles. The van der Waals surface area contributed by atoms with Gasteiger partial charge in [0.25, 0.3) is 0 Å². The maximum absolute atomic E-state index is 8.52. The molecule has 0 aromatic carbocycles. The van der Waals surface area contributed by atoms with Crippen LogP contribution in [0.1, 0.15) is 26.5 Å². The van der Waals surface area contributed by atoms with Crippen molar-refractivity contribution in [3.63, 3.8) is 0 Å². The number of nitriles is 1. The molecular formula is C11H15N3O2. The third-order valence-electron chi connectivity index (χ3n) is 1.61. The second kappa shape index (κ2) is 5.42. The average molecular weight is 221 g/mol. The summed E-state index contributed by atoms with van der Waals surface area (Å²) in [5, 5.41) is 8.52. The van der Waals surface area contributed by atoms with Crippen LogP contribution in [-0.4, -0.2) is 28.8 Å². The maximum atomic E-state index is 8.52. The van der Waals surface area contributed by atoms with E-state index in [-0.39, 0.29) is 11.3 Å². The number of nitrogens with zero attached hydrogens (tertiary/aromatic N) is 3. The van der Waals surface area contributed by atoms with E-state index in [0.717, 1.165) is 0 Å². The van der Waals surface area contributed by atoms with Crippen molar-refractivity contribution in [3.8, 4) is 11.9 Å². The van der Waals surface area contributed by atoms with Crippen LogP contribution in [0.3, 0.4) is 0 Å². The third-order valence-corrected chi connectivity index (χ3v) is 1.61. The summed E-state index contributed by atoms with van der Waals surface area (Å²) in [5.74, 6) is 0.400. The first kappa shape index (κ1) is 12.4. The first-order chi connectivity index (χ1) is 7.51. The fourth-order valence-electron chi connectivity index (χ4n) is 0.943. The molecule has 0 fully saturated rings. The second-order valence-electron chi connectivity index (χ2n) is 4.16. The number of hydrogen-bond donors (Lipinski definition) is 0. The van der Waals surface area contributed by atoms with Crippen LogP contribution in [0.4, 0.5) is 0 Å². The second-order valence-corrected chi connectivity index (χ2v) is 4.16. The molecule has 5 nitrogen and oxygen atoms in total. The Balaban J connectivity index is 2.30. The monoisotopic (exact) mass is 221 g/mol. The van der Waals surface area contributed by atoms with Crippen molar-refractivity contribution in [3.05, 3.63) is 18.1 Å². The third kappa shape index (κ3) is 4.71. The topological polar surface area (TPSA) is 68.0 Å². The highest BCUT2D eigenvalue weighted by atomic mass is 16.5. The number of hydrogen-bond acceptors (Lipinski definition) is 5. The molecule has 16 heavy (non-hydrogen) atoms. The van der Waals surface area contributed by atoms with Crippen molar-refractivity contribution in [2.24, 2.45) is 0 Å². The number of aromatic nitrogens is 2. The van der Waals surface area contributed by atoms with E-state index in [2.05, 4.69) is 9.97 Å². The molecule has 5 heteroatoms. The fraction of sp³-hybridized carbons (Fsp3) is 0.545. The Hall–Kier alpha value is -1.67. The van der Waals surface area contributed by atoms with Gasteiger partial charge in [-0.15, -0.1) is 0 Å². The first-order valence-electron chi connectivity index (χ1n) is 5.00. The van der Waals surface area contributed by atoms with Crippen LogP contribution in [0.5, 0.6) is 5.88 Å². The van der Waals surface area contributed by atoms with E-state index >= 15 is 0 Å². The normalized spacial score (nSPS) is 10.9. The molecule has 1 aromatic heterocycles. The predicted octanol–water partition coefficient (Wildman–Crippen LogP) is 1.54. The molecule has 1 aromatic rings. The Labute approximate surface area is 95.0 Å². The van der Waals surface area contributed by atoms with Gasteiger partial charge in [0.2, 0.25) is 5.88 Å². The van der Waals surface area contributed by atoms with Gasteiger partial charge in [-0.2, -0.15) is 5.26 Å². The van der Waals surface area contributed by atoms with Crippen molar-refractivity contribution < 1.29 is 9.47 Å². The van der Waals surface area contributed by atoms with Gasteiger partial charge < -0.3 is 9.47 Å². The van der Waals surface area contributed by atoms with E-state index in [4.69, 9.17) is 14.7 Å². The lowest BCUT2D eigenvalue weighted by atomic mass is 10.2. The van der Waals surface area contributed by atoms with Crippen LogP contribution in [-0.2, 0) is 4.74 Å². The largest absolute Gasteiger partial charge is 0.474 e. The predicted molar refractivity (Wildman–Crippen MR) is 57.9 cm³/mol. The Morgan fingerprint density at radius 2 is 2.00 bits per heavy atom. The molecule has 0 bridgehead atoms. The molecular weight excluding hydrogens is 206 g/mol. The van der Waals surface area contributed by atoms with Gasteiger partial charge in [0.1, 0.15) is 12.7 Å². The lowest BCUT2D eigenvalue weighted by Crippen LogP contribution is -2.22. The number of rotatable bonds is 4. The molecule has 0 amide bonds. The molecule has 1 rings (SSSR count). The Morgan fingerprint density at radius 1 is 1.25 bits per heavy atom. The van der Waals surface area contributed by atoms with Crippen molar-refractivity contribution in [2.45, 2.75) is 26.4 Å². The van der Waals surface area contributed by atoms with Crippen LogP contribution in [0, 0.1) is 11.3 Å². The maximum Gasteiger partial charge on any atom is 0.232 e. The minimum Gasteiger partial charge on any atom is -0.474 e. The van der Waals surface area contributed by atoms with Gasteiger partial charge >= 0.3 is 0 Å². The highest BCUT2D eigenvalue weighted by Gasteiger charge is 2.09. The van der Waals surface area contributed by atoms with Gasteiger partial charge in [0.15, 0.2) is 5.69 Å². The fourth-order valence-corrected chi connectivity index (χ4v) is 0.943. The quantitative estimate of drug-likeness (QED) is 0.721. The van der Waals surface area contributed by atoms with Crippen molar-refractivity contribution in [2.75, 3.05) is 13.2 Å². The Bertz CT molecular complexity index is 362. The molecule has 0 N–H and O–H groups in total. The van der Waals surface area contributed by atoms with Crippen LogP contribution < -0.4 is 4.74 Å². The summed E-state index contributed by atoms with van der Waals surface area (Å²) < 4.78 is 10.8. The van der Waals surface area contributed by atoms with E-state index in [1.54, 1.807) is 0 Å². The number of ether oxygens (including phenoxy) is 2. The van der Waals surface area contributed by atoms with Crippen molar-refractivity contribution >= 4 is 0 Å². The minimum absolute atomic E-state index is 0.167. The Morgan fingerprint density at radius 3 is 2.50 bits per heavy atom. The zero-order valence-electron chi connectivity index (χ0n) is 9.73. The van der Waals surface area contributed by atoms with Gasteiger partial charge in [-0.25, -0.2) is 9.97 Å². The average Bonchev–Trinajstić information content (AvgIpc) is 2.24. The first-order valence-corrected chi connectivity index (χ1v) is 5.00. The summed E-state index contributed by atoms with van der Waals surface area (Å²) in [5.41, 5.74) is 0.109. The highest BCUT2D eigenvalue weighted by molar-refractivity contribution is 5.18. The molecule has 0 aliphatic heterocycles. The summed E-state index contributed by atoms with van der Waals surface area (Å²) in [6.45, 7) is 6.85. The summed E-state index contributed by atoms with van der Waals surface area (Å²) in [4.78, 5) is 7.76. The van der Waals surface area contributed by atoms with Crippen LogP contribution >= 0.6 is 0 Å². The zero-order valence-corrected chi connectivity index (χ0v) is 9.73. The van der Waals surface area contributed by atoms with E-state index in [1.807, 2.05) is 26.8 Å².